The summed E-state index contributed by atoms with van der Waals surface area (Å²) in [5, 5.41) is 6.42. The van der Waals surface area contributed by atoms with Crippen molar-refractivity contribution in [3.8, 4) is 0 Å². The molecule has 142 valence electrons. The minimum atomic E-state index is 0. The first-order valence-electron chi connectivity index (χ1n) is 8.98. The third-order valence-corrected chi connectivity index (χ3v) is 4.73. The molecule has 1 aliphatic heterocycles. The second kappa shape index (κ2) is 10.4. The summed E-state index contributed by atoms with van der Waals surface area (Å²) in [6.07, 6.45) is 3.56. The van der Waals surface area contributed by atoms with Crippen LogP contribution in [-0.4, -0.2) is 30.9 Å². The number of benzene rings is 1. The molecule has 0 radical (unpaired) electrons. The summed E-state index contributed by atoms with van der Waals surface area (Å²) in [4.78, 5) is 14.6. The molecule has 0 saturated carbocycles. The zero-order valence-corrected chi connectivity index (χ0v) is 16.1. The molecule has 1 saturated heterocycles. The standard InChI is InChI=1S/C20H27N3O2.ClH/c1-23(15-19-7-4-12-25-19)14-18-6-3-2-5-17(18)13-22-20(24)16-8-10-21-11-9-16;/h2-7,12,16,21H,8-11,13-15H2,1H3,(H,22,24);1H. The van der Waals surface area contributed by atoms with Crippen molar-refractivity contribution in [2.45, 2.75) is 32.5 Å². The molecule has 2 heterocycles. The third-order valence-electron chi connectivity index (χ3n) is 4.73. The molecule has 0 aliphatic carbocycles. The van der Waals surface area contributed by atoms with Crippen molar-refractivity contribution in [3.05, 3.63) is 59.5 Å². The highest BCUT2D eigenvalue weighted by molar-refractivity contribution is 5.85. The minimum absolute atomic E-state index is 0. The van der Waals surface area contributed by atoms with E-state index in [1.165, 1.54) is 11.1 Å². The van der Waals surface area contributed by atoms with Gasteiger partial charge in [-0.25, -0.2) is 0 Å². The van der Waals surface area contributed by atoms with Crippen LogP contribution in [0.3, 0.4) is 0 Å². The molecule has 0 atom stereocenters. The van der Waals surface area contributed by atoms with E-state index in [-0.39, 0.29) is 24.2 Å². The summed E-state index contributed by atoms with van der Waals surface area (Å²) < 4.78 is 5.41. The molecule has 5 nitrogen and oxygen atoms in total. The SMILES string of the molecule is CN(Cc1ccco1)Cc1ccccc1CNC(=O)C1CCNCC1.Cl. The van der Waals surface area contributed by atoms with Crippen molar-refractivity contribution in [3.63, 3.8) is 0 Å². The number of furan rings is 1. The molecule has 2 aromatic rings. The fraction of sp³-hybridized carbons (Fsp3) is 0.450. The molecule has 26 heavy (non-hydrogen) atoms. The Kier molecular flexibility index (Phi) is 8.16. The van der Waals surface area contributed by atoms with Gasteiger partial charge in [-0.15, -0.1) is 12.4 Å². The quantitative estimate of drug-likeness (QED) is 0.778. The second-order valence-electron chi connectivity index (χ2n) is 6.76. The lowest BCUT2D eigenvalue weighted by molar-refractivity contribution is -0.125. The maximum atomic E-state index is 12.4. The molecule has 6 heteroatoms. The van der Waals surface area contributed by atoms with E-state index in [4.69, 9.17) is 4.42 Å². The lowest BCUT2D eigenvalue weighted by Crippen LogP contribution is -2.38. The zero-order chi connectivity index (χ0) is 17.5. The van der Waals surface area contributed by atoms with Crippen LogP contribution in [0.4, 0.5) is 0 Å². The largest absolute Gasteiger partial charge is 0.468 e. The first-order chi connectivity index (χ1) is 12.2. The Morgan fingerprint density at radius 3 is 2.58 bits per heavy atom. The lowest BCUT2D eigenvalue weighted by Gasteiger charge is -2.22. The van der Waals surface area contributed by atoms with E-state index in [9.17, 15) is 4.79 Å². The fourth-order valence-electron chi connectivity index (χ4n) is 3.31. The topological polar surface area (TPSA) is 57.5 Å². The molecule has 1 amide bonds. The van der Waals surface area contributed by atoms with Gasteiger partial charge in [-0.2, -0.15) is 0 Å². The van der Waals surface area contributed by atoms with Crippen LogP contribution in [0.15, 0.2) is 47.1 Å². The average Bonchev–Trinajstić information content (AvgIpc) is 3.14. The monoisotopic (exact) mass is 377 g/mol. The maximum Gasteiger partial charge on any atom is 0.223 e. The highest BCUT2D eigenvalue weighted by atomic mass is 35.5. The van der Waals surface area contributed by atoms with Crippen LogP contribution in [-0.2, 0) is 24.4 Å². The van der Waals surface area contributed by atoms with Gasteiger partial charge in [-0.1, -0.05) is 24.3 Å². The molecule has 3 rings (SSSR count). The summed E-state index contributed by atoms with van der Waals surface area (Å²) in [6.45, 7) is 4.05. The molecule has 0 spiro atoms. The molecule has 1 fully saturated rings. The number of carbonyl (C=O) groups excluding carboxylic acids is 1. The lowest BCUT2D eigenvalue weighted by atomic mass is 9.97. The van der Waals surface area contributed by atoms with Gasteiger partial charge in [0.15, 0.2) is 0 Å². The Balaban J connectivity index is 0.00000243. The zero-order valence-electron chi connectivity index (χ0n) is 15.2. The molecule has 1 aromatic carbocycles. The fourth-order valence-corrected chi connectivity index (χ4v) is 3.31. The van der Waals surface area contributed by atoms with Crippen molar-refractivity contribution >= 4 is 18.3 Å². The number of hydrogen-bond acceptors (Lipinski definition) is 4. The summed E-state index contributed by atoms with van der Waals surface area (Å²) in [5.41, 5.74) is 2.42. The number of halogens is 1. The van der Waals surface area contributed by atoms with Gasteiger partial charge in [0.05, 0.1) is 12.8 Å². The van der Waals surface area contributed by atoms with Crippen LogP contribution in [0.5, 0.6) is 0 Å². The van der Waals surface area contributed by atoms with Crippen molar-refractivity contribution < 1.29 is 9.21 Å². The first kappa shape index (κ1) is 20.5. The molecular formula is C20H28ClN3O2. The number of nitrogens with zero attached hydrogens (tertiary/aromatic N) is 1. The molecule has 2 N–H and O–H groups in total. The Labute approximate surface area is 161 Å². The second-order valence-corrected chi connectivity index (χ2v) is 6.76. The number of carbonyl (C=O) groups is 1. The third kappa shape index (κ3) is 5.87. The van der Waals surface area contributed by atoms with Crippen LogP contribution in [0.25, 0.3) is 0 Å². The van der Waals surface area contributed by atoms with Gasteiger partial charge >= 0.3 is 0 Å². The normalized spacial score (nSPS) is 14.8. The van der Waals surface area contributed by atoms with Crippen LogP contribution in [0.1, 0.15) is 29.7 Å². The van der Waals surface area contributed by atoms with Crippen molar-refractivity contribution in [2.75, 3.05) is 20.1 Å². The number of hydrogen-bond donors (Lipinski definition) is 2. The smallest absolute Gasteiger partial charge is 0.223 e. The number of rotatable bonds is 7. The van der Waals surface area contributed by atoms with E-state index in [2.05, 4.69) is 34.7 Å². The van der Waals surface area contributed by atoms with E-state index in [0.29, 0.717) is 6.54 Å². The van der Waals surface area contributed by atoms with E-state index < -0.39 is 0 Å². The van der Waals surface area contributed by atoms with Gasteiger partial charge in [0.2, 0.25) is 5.91 Å². The van der Waals surface area contributed by atoms with E-state index >= 15 is 0 Å². The van der Waals surface area contributed by atoms with Crippen LogP contribution in [0.2, 0.25) is 0 Å². The van der Waals surface area contributed by atoms with Crippen molar-refractivity contribution in [1.29, 1.82) is 0 Å². The van der Waals surface area contributed by atoms with Gasteiger partial charge in [0.1, 0.15) is 5.76 Å². The molecule has 1 aromatic heterocycles. The van der Waals surface area contributed by atoms with Crippen molar-refractivity contribution in [1.82, 2.24) is 15.5 Å². The summed E-state index contributed by atoms with van der Waals surface area (Å²) >= 11 is 0. The Morgan fingerprint density at radius 2 is 1.88 bits per heavy atom. The average molecular weight is 378 g/mol. The molecule has 0 bridgehead atoms. The van der Waals surface area contributed by atoms with E-state index in [0.717, 1.165) is 44.8 Å². The highest BCUT2D eigenvalue weighted by Crippen LogP contribution is 2.15. The highest BCUT2D eigenvalue weighted by Gasteiger charge is 2.20. The predicted octanol–water partition coefficient (Wildman–Crippen LogP) is 2.95. The summed E-state index contributed by atoms with van der Waals surface area (Å²) in [6, 6.07) is 12.2. The van der Waals surface area contributed by atoms with E-state index in [1.807, 2.05) is 24.3 Å². The predicted molar refractivity (Wildman–Crippen MR) is 105 cm³/mol. The van der Waals surface area contributed by atoms with E-state index in [1.54, 1.807) is 6.26 Å². The van der Waals surface area contributed by atoms with Crippen LogP contribution in [0, 0.1) is 5.92 Å². The van der Waals surface area contributed by atoms with Gasteiger partial charge < -0.3 is 15.1 Å². The molecule has 1 aliphatic rings. The van der Waals surface area contributed by atoms with Gasteiger partial charge in [0.25, 0.3) is 0 Å². The van der Waals surface area contributed by atoms with Gasteiger partial charge in [-0.05, 0) is 56.2 Å². The number of piperidine rings is 1. The maximum absolute atomic E-state index is 12.4. The Morgan fingerprint density at radius 1 is 1.15 bits per heavy atom. The molecular weight excluding hydrogens is 350 g/mol. The number of amides is 1. The van der Waals surface area contributed by atoms with Crippen molar-refractivity contribution in [2.24, 2.45) is 5.92 Å². The van der Waals surface area contributed by atoms with Gasteiger partial charge in [-0.3, -0.25) is 9.69 Å². The first-order valence-corrected chi connectivity index (χ1v) is 8.98. The van der Waals surface area contributed by atoms with Crippen LogP contribution < -0.4 is 10.6 Å². The Bertz CT molecular complexity index is 669. The van der Waals surface area contributed by atoms with Gasteiger partial charge in [0, 0.05) is 19.0 Å². The summed E-state index contributed by atoms with van der Waals surface area (Å²) in [5.74, 6) is 1.29. The van der Waals surface area contributed by atoms with Crippen LogP contribution >= 0.6 is 12.4 Å². The Hall–Kier alpha value is -1.82. The minimum Gasteiger partial charge on any atom is -0.468 e. The molecule has 0 unspecified atom stereocenters. The number of nitrogens with one attached hydrogen (secondary N) is 2. The summed E-state index contributed by atoms with van der Waals surface area (Å²) in [7, 11) is 2.08.